The molecule has 0 aliphatic carbocycles. The SMILES string of the molecule is CC(=O)N1CCCC1c1cc2[nH]c(-c3cnc(C(C)(C)O)cn3)cc2cc1Oc1ccc(C(=O)N2CCC2)nc1. The highest BCUT2D eigenvalue weighted by Crippen LogP contribution is 2.41. The Balaban J connectivity index is 1.36. The van der Waals surface area contributed by atoms with Gasteiger partial charge in [0.1, 0.15) is 28.5 Å². The standard InChI is InChI=1S/C30H32N6O4/c1-18(37)36-11-4-6-26(36)21-14-23-19(12-24(34-23)25-16-33-28(17-32-25)30(2,3)39)13-27(21)40-20-7-8-22(31-15-20)29(38)35-9-5-10-35/h7-8,12-17,26,34,39H,4-6,9-11H2,1-3H3. The second-order valence-corrected chi connectivity index (χ2v) is 11.0. The van der Waals surface area contributed by atoms with Crippen molar-refractivity contribution in [2.75, 3.05) is 19.6 Å². The smallest absolute Gasteiger partial charge is 0.272 e. The monoisotopic (exact) mass is 540 g/mol. The molecule has 1 aromatic carbocycles. The van der Waals surface area contributed by atoms with Gasteiger partial charge in [-0.05, 0) is 63.4 Å². The average Bonchev–Trinajstić information content (AvgIpc) is 3.54. The summed E-state index contributed by atoms with van der Waals surface area (Å²) in [5.74, 6) is 1.10. The minimum atomic E-state index is -1.08. The summed E-state index contributed by atoms with van der Waals surface area (Å²) in [7, 11) is 0. The van der Waals surface area contributed by atoms with E-state index in [9.17, 15) is 14.7 Å². The summed E-state index contributed by atoms with van der Waals surface area (Å²) >= 11 is 0. The first-order chi connectivity index (χ1) is 19.2. The molecule has 2 amide bonds. The van der Waals surface area contributed by atoms with E-state index in [1.54, 1.807) is 56.4 Å². The first-order valence-corrected chi connectivity index (χ1v) is 13.6. The molecule has 6 rings (SSSR count). The Hall–Kier alpha value is -4.31. The summed E-state index contributed by atoms with van der Waals surface area (Å²) in [6, 6.07) is 9.30. The Morgan fingerprint density at radius 3 is 2.48 bits per heavy atom. The van der Waals surface area contributed by atoms with Crippen molar-refractivity contribution in [2.24, 2.45) is 0 Å². The molecular weight excluding hydrogens is 508 g/mol. The lowest BCUT2D eigenvalue weighted by Crippen LogP contribution is -2.42. The summed E-state index contributed by atoms with van der Waals surface area (Å²) in [6.07, 6.45) is 7.56. The predicted molar refractivity (Wildman–Crippen MR) is 149 cm³/mol. The Labute approximate surface area is 232 Å². The molecule has 2 fully saturated rings. The molecule has 5 heterocycles. The van der Waals surface area contributed by atoms with Gasteiger partial charge >= 0.3 is 0 Å². The van der Waals surface area contributed by atoms with Crippen LogP contribution in [0.5, 0.6) is 11.5 Å². The van der Waals surface area contributed by atoms with Crippen LogP contribution in [0.15, 0.2) is 48.9 Å². The highest BCUT2D eigenvalue weighted by Gasteiger charge is 2.31. The number of carbonyl (C=O) groups is 2. The second kappa shape index (κ2) is 10.0. The number of fused-ring (bicyclic) bond motifs is 1. The fourth-order valence-electron chi connectivity index (χ4n) is 5.29. The van der Waals surface area contributed by atoms with Crippen LogP contribution in [0.3, 0.4) is 0 Å². The van der Waals surface area contributed by atoms with Crippen molar-refractivity contribution < 1.29 is 19.4 Å². The van der Waals surface area contributed by atoms with Gasteiger partial charge in [0.05, 0.1) is 36.0 Å². The van der Waals surface area contributed by atoms with E-state index in [1.807, 2.05) is 23.1 Å². The summed E-state index contributed by atoms with van der Waals surface area (Å²) in [5, 5.41) is 11.1. The highest BCUT2D eigenvalue weighted by molar-refractivity contribution is 5.93. The Morgan fingerprint density at radius 1 is 1.02 bits per heavy atom. The molecule has 10 nitrogen and oxygen atoms in total. The molecule has 2 aliphatic rings. The molecular formula is C30H32N6O4. The Kier molecular flexibility index (Phi) is 6.50. The van der Waals surface area contributed by atoms with Crippen LogP contribution in [-0.4, -0.2) is 66.3 Å². The van der Waals surface area contributed by atoms with Gasteiger partial charge in [-0.3, -0.25) is 19.6 Å². The van der Waals surface area contributed by atoms with E-state index in [-0.39, 0.29) is 17.9 Å². The van der Waals surface area contributed by atoms with Crippen molar-refractivity contribution in [1.29, 1.82) is 0 Å². The predicted octanol–water partition coefficient (Wildman–Crippen LogP) is 4.57. The number of hydrogen-bond donors (Lipinski definition) is 2. The quantitative estimate of drug-likeness (QED) is 0.367. The van der Waals surface area contributed by atoms with Crippen LogP contribution < -0.4 is 4.74 Å². The van der Waals surface area contributed by atoms with E-state index >= 15 is 0 Å². The fraction of sp³-hybridized carbons (Fsp3) is 0.367. The molecule has 0 radical (unpaired) electrons. The minimum absolute atomic E-state index is 0.0263. The third-order valence-corrected chi connectivity index (χ3v) is 7.65. The maximum Gasteiger partial charge on any atom is 0.272 e. The molecule has 40 heavy (non-hydrogen) atoms. The number of carbonyl (C=O) groups excluding carboxylic acids is 2. The zero-order valence-electron chi connectivity index (χ0n) is 22.8. The van der Waals surface area contributed by atoms with E-state index in [1.165, 1.54) is 0 Å². The van der Waals surface area contributed by atoms with E-state index in [0.29, 0.717) is 35.1 Å². The zero-order valence-corrected chi connectivity index (χ0v) is 22.8. The molecule has 0 bridgehead atoms. The van der Waals surface area contributed by atoms with Crippen molar-refractivity contribution in [3.05, 3.63) is 65.9 Å². The van der Waals surface area contributed by atoms with Gasteiger partial charge in [0.15, 0.2) is 0 Å². The van der Waals surface area contributed by atoms with Crippen LogP contribution in [0.4, 0.5) is 0 Å². The number of aliphatic hydroxyl groups is 1. The molecule has 2 saturated heterocycles. The van der Waals surface area contributed by atoms with Gasteiger partial charge in [0.25, 0.3) is 5.91 Å². The van der Waals surface area contributed by atoms with Crippen molar-refractivity contribution in [3.63, 3.8) is 0 Å². The van der Waals surface area contributed by atoms with E-state index in [4.69, 9.17) is 4.74 Å². The minimum Gasteiger partial charge on any atom is -0.455 e. The van der Waals surface area contributed by atoms with Crippen LogP contribution in [-0.2, 0) is 10.4 Å². The largest absolute Gasteiger partial charge is 0.455 e. The number of amides is 2. The first-order valence-electron chi connectivity index (χ1n) is 13.6. The summed E-state index contributed by atoms with van der Waals surface area (Å²) in [5.41, 5.74) is 3.01. The first kappa shape index (κ1) is 25.9. The highest BCUT2D eigenvalue weighted by atomic mass is 16.5. The molecule has 1 atom stereocenters. The van der Waals surface area contributed by atoms with Crippen LogP contribution in [0.1, 0.15) is 67.8 Å². The molecule has 3 aromatic heterocycles. The third kappa shape index (κ3) is 4.90. The van der Waals surface area contributed by atoms with Crippen LogP contribution in [0, 0.1) is 0 Å². The lowest BCUT2D eigenvalue weighted by atomic mass is 10.0. The molecule has 2 N–H and O–H groups in total. The van der Waals surface area contributed by atoms with Crippen LogP contribution in [0.2, 0.25) is 0 Å². The average molecular weight is 541 g/mol. The van der Waals surface area contributed by atoms with Crippen LogP contribution >= 0.6 is 0 Å². The topological polar surface area (TPSA) is 125 Å². The number of ether oxygens (including phenoxy) is 1. The van der Waals surface area contributed by atoms with Gasteiger partial charge < -0.3 is 24.6 Å². The van der Waals surface area contributed by atoms with E-state index in [0.717, 1.165) is 54.5 Å². The molecule has 10 heteroatoms. The second-order valence-electron chi connectivity index (χ2n) is 11.0. The lowest BCUT2D eigenvalue weighted by Gasteiger charge is -2.30. The molecule has 206 valence electrons. The van der Waals surface area contributed by atoms with Crippen molar-refractivity contribution >= 4 is 22.7 Å². The normalized spacial score (nSPS) is 17.2. The van der Waals surface area contributed by atoms with Gasteiger partial charge in [0, 0.05) is 43.0 Å². The van der Waals surface area contributed by atoms with E-state index in [2.05, 4.69) is 19.9 Å². The number of rotatable bonds is 6. The number of pyridine rings is 1. The van der Waals surface area contributed by atoms with Crippen molar-refractivity contribution in [3.8, 4) is 22.9 Å². The number of aromatic amines is 1. The summed E-state index contributed by atoms with van der Waals surface area (Å²) in [6.45, 7) is 7.17. The molecule has 0 spiro atoms. The maximum absolute atomic E-state index is 12.5. The van der Waals surface area contributed by atoms with Crippen molar-refractivity contribution in [1.82, 2.24) is 29.7 Å². The third-order valence-electron chi connectivity index (χ3n) is 7.65. The van der Waals surface area contributed by atoms with Gasteiger partial charge in [-0.25, -0.2) is 4.98 Å². The fourth-order valence-corrected chi connectivity index (χ4v) is 5.29. The number of H-pyrrole nitrogens is 1. The summed E-state index contributed by atoms with van der Waals surface area (Å²) < 4.78 is 6.37. The number of hydrogen-bond acceptors (Lipinski definition) is 7. The van der Waals surface area contributed by atoms with Crippen LogP contribution in [0.25, 0.3) is 22.3 Å². The Bertz CT molecular complexity index is 1570. The number of nitrogens with one attached hydrogen (secondary N) is 1. The maximum atomic E-state index is 12.5. The number of benzene rings is 1. The van der Waals surface area contributed by atoms with Gasteiger partial charge in [-0.2, -0.15) is 0 Å². The molecule has 4 aromatic rings. The molecule has 2 aliphatic heterocycles. The molecule has 0 saturated carbocycles. The summed E-state index contributed by atoms with van der Waals surface area (Å²) in [4.78, 5) is 45.3. The molecule has 1 unspecified atom stereocenters. The zero-order chi connectivity index (χ0) is 28.0. The number of aromatic nitrogens is 4. The number of likely N-dealkylation sites (tertiary alicyclic amines) is 2. The van der Waals surface area contributed by atoms with Gasteiger partial charge in [-0.15, -0.1) is 0 Å². The van der Waals surface area contributed by atoms with E-state index < -0.39 is 5.60 Å². The number of nitrogens with zero attached hydrogens (tertiary/aromatic N) is 5. The lowest BCUT2D eigenvalue weighted by molar-refractivity contribution is -0.129. The van der Waals surface area contributed by atoms with Gasteiger partial charge in [0.2, 0.25) is 5.91 Å². The van der Waals surface area contributed by atoms with Gasteiger partial charge in [-0.1, -0.05) is 0 Å². The Morgan fingerprint density at radius 2 is 1.85 bits per heavy atom. The van der Waals surface area contributed by atoms with Crippen molar-refractivity contribution in [2.45, 2.75) is 51.7 Å².